The molecule has 0 saturated carbocycles. The summed E-state index contributed by atoms with van der Waals surface area (Å²) >= 11 is 0. The number of nitrogens with two attached hydrogens (primary N) is 1. The Hall–Kier alpha value is -1.52. The van der Waals surface area contributed by atoms with Gasteiger partial charge in [0.25, 0.3) is 0 Å². The number of ether oxygens (including phenoxy) is 1. The van der Waals surface area contributed by atoms with Crippen molar-refractivity contribution in [3.63, 3.8) is 0 Å². The molecule has 1 heterocycles. The molecule has 0 aliphatic carbocycles. The first-order valence-corrected chi connectivity index (χ1v) is 6.48. The maximum Gasteiger partial charge on any atom is 0.359 e. The maximum absolute atomic E-state index is 11.9. The molecule has 2 N–H and O–H groups in total. The molecule has 0 spiro atoms. The fraction of sp³-hybridized carbons (Fsp3) is 0.692. The van der Waals surface area contributed by atoms with Gasteiger partial charge in [0.15, 0.2) is 5.69 Å². The number of esters is 1. The SMILES string of the molecule is CCOC(=O)c1nn(C(C)C)c(N)c1C(C)CC. The lowest BCUT2D eigenvalue weighted by atomic mass is 9.98. The quantitative estimate of drug-likeness (QED) is 0.819. The molecule has 1 aromatic rings. The minimum absolute atomic E-state index is 0.121. The number of carbonyl (C=O) groups excluding carboxylic acids is 1. The first-order chi connectivity index (χ1) is 8.43. The van der Waals surface area contributed by atoms with Crippen LogP contribution in [0.15, 0.2) is 0 Å². The van der Waals surface area contributed by atoms with Crippen LogP contribution in [-0.4, -0.2) is 22.4 Å². The van der Waals surface area contributed by atoms with Gasteiger partial charge in [-0.3, -0.25) is 0 Å². The van der Waals surface area contributed by atoms with Crippen LogP contribution in [0.2, 0.25) is 0 Å². The molecule has 1 unspecified atom stereocenters. The molecular formula is C13H23N3O2. The molecule has 0 saturated heterocycles. The molecule has 0 aliphatic rings. The largest absolute Gasteiger partial charge is 0.461 e. The normalized spacial score (nSPS) is 12.8. The van der Waals surface area contributed by atoms with E-state index in [0.717, 1.165) is 12.0 Å². The second-order valence-electron chi connectivity index (χ2n) is 4.72. The lowest BCUT2D eigenvalue weighted by Gasteiger charge is -2.11. The molecule has 0 radical (unpaired) electrons. The van der Waals surface area contributed by atoms with Gasteiger partial charge in [-0.1, -0.05) is 13.8 Å². The van der Waals surface area contributed by atoms with Crippen molar-refractivity contribution in [3.05, 3.63) is 11.3 Å². The molecule has 5 nitrogen and oxygen atoms in total. The third-order valence-corrected chi connectivity index (χ3v) is 3.05. The highest BCUT2D eigenvalue weighted by atomic mass is 16.5. The highest BCUT2D eigenvalue weighted by molar-refractivity contribution is 5.90. The van der Waals surface area contributed by atoms with Gasteiger partial charge in [0.2, 0.25) is 0 Å². The minimum Gasteiger partial charge on any atom is -0.461 e. The van der Waals surface area contributed by atoms with Crippen LogP contribution in [-0.2, 0) is 4.74 Å². The van der Waals surface area contributed by atoms with E-state index in [1.807, 2.05) is 20.8 Å². The fourth-order valence-corrected chi connectivity index (χ4v) is 1.89. The average molecular weight is 253 g/mol. The van der Waals surface area contributed by atoms with E-state index in [9.17, 15) is 4.79 Å². The Kier molecular flexibility index (Phi) is 4.76. The summed E-state index contributed by atoms with van der Waals surface area (Å²) in [6.45, 7) is 10.2. The standard InChI is InChI=1S/C13H23N3O2/c1-6-9(5)10-11(13(17)18-7-2)15-16(8(3)4)12(10)14/h8-9H,6-7,14H2,1-5H3. The van der Waals surface area contributed by atoms with Crippen LogP contribution < -0.4 is 5.73 Å². The van der Waals surface area contributed by atoms with E-state index in [1.54, 1.807) is 11.6 Å². The van der Waals surface area contributed by atoms with Gasteiger partial charge < -0.3 is 10.5 Å². The second-order valence-corrected chi connectivity index (χ2v) is 4.72. The summed E-state index contributed by atoms with van der Waals surface area (Å²) < 4.78 is 6.73. The molecule has 0 bridgehead atoms. The summed E-state index contributed by atoms with van der Waals surface area (Å²) in [6.07, 6.45) is 0.903. The molecule has 0 aromatic carbocycles. The summed E-state index contributed by atoms with van der Waals surface area (Å²) in [4.78, 5) is 11.9. The zero-order valence-electron chi connectivity index (χ0n) is 11.9. The molecule has 1 aromatic heterocycles. The van der Waals surface area contributed by atoms with Crippen LogP contribution in [0.5, 0.6) is 0 Å². The third kappa shape index (κ3) is 2.66. The molecule has 1 atom stereocenters. The third-order valence-electron chi connectivity index (χ3n) is 3.05. The number of rotatable bonds is 5. The van der Waals surface area contributed by atoms with Gasteiger partial charge in [0, 0.05) is 11.6 Å². The number of aromatic nitrogens is 2. The highest BCUT2D eigenvalue weighted by Crippen LogP contribution is 2.30. The lowest BCUT2D eigenvalue weighted by Crippen LogP contribution is -2.10. The zero-order chi connectivity index (χ0) is 13.9. The van der Waals surface area contributed by atoms with E-state index >= 15 is 0 Å². The van der Waals surface area contributed by atoms with Gasteiger partial charge in [-0.2, -0.15) is 5.10 Å². The van der Waals surface area contributed by atoms with E-state index in [1.165, 1.54) is 0 Å². The van der Waals surface area contributed by atoms with Gasteiger partial charge in [-0.15, -0.1) is 0 Å². The number of nitrogens with zero attached hydrogens (tertiary/aromatic N) is 2. The zero-order valence-corrected chi connectivity index (χ0v) is 11.9. The van der Waals surface area contributed by atoms with Crippen molar-refractivity contribution in [2.75, 3.05) is 12.3 Å². The van der Waals surface area contributed by atoms with Gasteiger partial charge in [-0.25, -0.2) is 9.48 Å². The molecule has 1 rings (SSSR count). The summed E-state index contributed by atoms with van der Waals surface area (Å²) in [5.74, 6) is 0.373. The fourth-order valence-electron chi connectivity index (χ4n) is 1.89. The number of nitrogen functional groups attached to an aromatic ring is 1. The van der Waals surface area contributed by atoms with Crippen molar-refractivity contribution in [2.24, 2.45) is 0 Å². The van der Waals surface area contributed by atoms with Crippen LogP contribution in [0.1, 0.15) is 69.1 Å². The monoisotopic (exact) mass is 253 g/mol. The number of anilines is 1. The molecular weight excluding hydrogens is 230 g/mol. The Balaban J connectivity index is 3.30. The Morgan fingerprint density at radius 3 is 2.44 bits per heavy atom. The van der Waals surface area contributed by atoms with E-state index in [4.69, 9.17) is 10.5 Å². The van der Waals surface area contributed by atoms with E-state index in [0.29, 0.717) is 18.1 Å². The summed E-state index contributed by atoms with van der Waals surface area (Å²) in [6, 6.07) is 0.121. The van der Waals surface area contributed by atoms with E-state index in [2.05, 4.69) is 12.0 Å². The molecule has 0 aliphatic heterocycles. The Bertz CT molecular complexity index is 424. The van der Waals surface area contributed by atoms with Crippen molar-refractivity contribution in [1.82, 2.24) is 9.78 Å². The van der Waals surface area contributed by atoms with Gasteiger partial charge >= 0.3 is 5.97 Å². The molecule has 5 heteroatoms. The Morgan fingerprint density at radius 1 is 1.39 bits per heavy atom. The smallest absolute Gasteiger partial charge is 0.359 e. The first kappa shape index (κ1) is 14.5. The van der Waals surface area contributed by atoms with Crippen molar-refractivity contribution in [3.8, 4) is 0 Å². The van der Waals surface area contributed by atoms with Gasteiger partial charge in [0.05, 0.1) is 6.61 Å². The van der Waals surface area contributed by atoms with Crippen LogP contribution in [0.3, 0.4) is 0 Å². The Labute approximate surface area is 108 Å². The van der Waals surface area contributed by atoms with Crippen LogP contribution in [0.25, 0.3) is 0 Å². The molecule has 0 fully saturated rings. The topological polar surface area (TPSA) is 70.1 Å². The van der Waals surface area contributed by atoms with Crippen molar-refractivity contribution >= 4 is 11.8 Å². The average Bonchev–Trinajstić information content (AvgIpc) is 2.66. The van der Waals surface area contributed by atoms with Crippen molar-refractivity contribution < 1.29 is 9.53 Å². The number of hydrogen-bond acceptors (Lipinski definition) is 4. The summed E-state index contributed by atoms with van der Waals surface area (Å²) in [7, 11) is 0. The predicted molar refractivity (Wildman–Crippen MR) is 71.7 cm³/mol. The summed E-state index contributed by atoms with van der Waals surface area (Å²) in [5.41, 5.74) is 7.28. The van der Waals surface area contributed by atoms with Crippen LogP contribution >= 0.6 is 0 Å². The lowest BCUT2D eigenvalue weighted by molar-refractivity contribution is 0.0516. The maximum atomic E-state index is 11.9. The van der Waals surface area contributed by atoms with E-state index < -0.39 is 0 Å². The molecule has 18 heavy (non-hydrogen) atoms. The second kappa shape index (κ2) is 5.89. The highest BCUT2D eigenvalue weighted by Gasteiger charge is 2.26. The van der Waals surface area contributed by atoms with Crippen molar-refractivity contribution in [1.29, 1.82) is 0 Å². The first-order valence-electron chi connectivity index (χ1n) is 6.48. The number of carbonyl (C=O) groups is 1. The molecule has 102 valence electrons. The molecule has 0 amide bonds. The van der Waals surface area contributed by atoms with E-state index in [-0.39, 0.29) is 17.9 Å². The summed E-state index contributed by atoms with van der Waals surface area (Å²) in [5, 5.41) is 4.31. The number of hydrogen-bond donors (Lipinski definition) is 1. The van der Waals surface area contributed by atoms with Gasteiger partial charge in [0.1, 0.15) is 5.82 Å². The van der Waals surface area contributed by atoms with Crippen molar-refractivity contribution in [2.45, 2.75) is 53.0 Å². The van der Waals surface area contributed by atoms with Crippen LogP contribution in [0.4, 0.5) is 5.82 Å². The predicted octanol–water partition coefficient (Wildman–Crippen LogP) is 2.74. The van der Waals surface area contributed by atoms with Gasteiger partial charge in [-0.05, 0) is 33.1 Å². The Morgan fingerprint density at radius 2 is 2.00 bits per heavy atom. The minimum atomic E-state index is -0.390. The van der Waals surface area contributed by atoms with Crippen LogP contribution in [0, 0.1) is 0 Å².